The number of halogens is 1. The molecule has 2 heterocycles. The van der Waals surface area contributed by atoms with Gasteiger partial charge in [0, 0.05) is 32.1 Å². The van der Waals surface area contributed by atoms with E-state index >= 15 is 0 Å². The number of ketones is 1. The Morgan fingerprint density at radius 2 is 2.33 bits per heavy atom. The topological polar surface area (TPSA) is 44.1 Å². The van der Waals surface area contributed by atoms with Crippen molar-refractivity contribution in [2.24, 2.45) is 7.05 Å². The minimum atomic E-state index is 0.0991. The molecule has 1 saturated heterocycles. The first kappa shape index (κ1) is 13.6. The lowest BCUT2D eigenvalue weighted by molar-refractivity contribution is -0.122. The summed E-state index contributed by atoms with van der Waals surface area (Å²) in [5.41, 5.74) is 1.68. The summed E-state index contributed by atoms with van der Waals surface area (Å²) in [7, 11) is 1.79. The van der Waals surface area contributed by atoms with Gasteiger partial charge in [0.05, 0.1) is 11.8 Å². The number of aromatic nitrogens is 2. The maximum Gasteiger partial charge on any atom is 0.140 e. The highest BCUT2D eigenvalue weighted by atomic mass is 35.5. The van der Waals surface area contributed by atoms with Crippen molar-refractivity contribution in [2.75, 3.05) is 6.61 Å². The van der Waals surface area contributed by atoms with Gasteiger partial charge in [-0.3, -0.25) is 9.48 Å². The van der Waals surface area contributed by atoms with Gasteiger partial charge in [-0.05, 0) is 26.2 Å². The second-order valence-electron chi connectivity index (χ2n) is 4.89. The number of carbonyl (C=O) groups is 1. The van der Waals surface area contributed by atoms with Crippen LogP contribution in [0.25, 0.3) is 0 Å². The van der Waals surface area contributed by atoms with E-state index in [9.17, 15) is 4.79 Å². The zero-order chi connectivity index (χ0) is 13.1. The number of ether oxygens (including phenoxy) is 1. The Labute approximate surface area is 112 Å². The molecule has 1 aromatic rings. The van der Waals surface area contributed by atoms with Gasteiger partial charge in [-0.1, -0.05) is 11.6 Å². The summed E-state index contributed by atoms with van der Waals surface area (Å²) in [4.78, 5) is 12.0. The molecule has 1 fully saturated rings. The molecular formula is C13H19ClN2O2. The summed E-state index contributed by atoms with van der Waals surface area (Å²) in [6.07, 6.45) is 4.21. The van der Waals surface area contributed by atoms with Crippen LogP contribution >= 0.6 is 11.6 Å². The lowest BCUT2D eigenvalue weighted by Crippen LogP contribution is -2.23. The van der Waals surface area contributed by atoms with Gasteiger partial charge in [-0.15, -0.1) is 0 Å². The molecule has 0 amide bonds. The fourth-order valence-corrected chi connectivity index (χ4v) is 2.61. The molecular weight excluding hydrogens is 252 g/mol. The predicted molar refractivity (Wildman–Crippen MR) is 69.9 cm³/mol. The predicted octanol–water partition coefficient (Wildman–Crippen LogP) is 2.45. The number of Topliss-reactive ketones (excluding diaryl/α,β-unsaturated/α-hetero) is 1. The smallest absolute Gasteiger partial charge is 0.140 e. The SMILES string of the molecule is Cc1nn(C)c(Cl)c1CC(=O)CC1CCCCO1. The number of nitrogens with zero attached hydrogens (tertiary/aromatic N) is 2. The third-order valence-corrected chi connectivity index (χ3v) is 3.85. The van der Waals surface area contributed by atoms with Crippen LogP contribution in [0.1, 0.15) is 36.9 Å². The fourth-order valence-electron chi connectivity index (χ4n) is 2.37. The van der Waals surface area contributed by atoms with Gasteiger partial charge in [-0.25, -0.2) is 0 Å². The van der Waals surface area contributed by atoms with Crippen LogP contribution in [-0.4, -0.2) is 28.3 Å². The monoisotopic (exact) mass is 270 g/mol. The minimum absolute atomic E-state index is 0.0991. The van der Waals surface area contributed by atoms with Crippen molar-refractivity contribution < 1.29 is 9.53 Å². The van der Waals surface area contributed by atoms with Crippen molar-refractivity contribution in [3.05, 3.63) is 16.4 Å². The van der Waals surface area contributed by atoms with Crippen molar-refractivity contribution >= 4 is 17.4 Å². The Bertz CT molecular complexity index is 436. The van der Waals surface area contributed by atoms with E-state index in [-0.39, 0.29) is 11.9 Å². The van der Waals surface area contributed by atoms with E-state index in [1.54, 1.807) is 11.7 Å². The average Bonchev–Trinajstić information content (AvgIpc) is 2.57. The molecule has 1 unspecified atom stereocenters. The second kappa shape index (κ2) is 5.85. The zero-order valence-corrected chi connectivity index (χ0v) is 11.7. The van der Waals surface area contributed by atoms with Gasteiger partial charge < -0.3 is 4.74 Å². The highest BCUT2D eigenvalue weighted by molar-refractivity contribution is 6.30. The number of hydrogen-bond acceptors (Lipinski definition) is 3. The molecule has 100 valence electrons. The highest BCUT2D eigenvalue weighted by Gasteiger charge is 2.20. The molecule has 1 aromatic heterocycles. The second-order valence-corrected chi connectivity index (χ2v) is 5.24. The molecule has 1 aliphatic heterocycles. The van der Waals surface area contributed by atoms with E-state index in [4.69, 9.17) is 16.3 Å². The molecule has 4 nitrogen and oxygen atoms in total. The van der Waals surface area contributed by atoms with E-state index < -0.39 is 0 Å². The molecule has 0 saturated carbocycles. The molecule has 0 spiro atoms. The fraction of sp³-hybridized carbons (Fsp3) is 0.692. The van der Waals surface area contributed by atoms with Gasteiger partial charge in [0.1, 0.15) is 10.9 Å². The van der Waals surface area contributed by atoms with Crippen LogP contribution in [0.3, 0.4) is 0 Å². The summed E-state index contributed by atoms with van der Waals surface area (Å²) in [5.74, 6) is 0.180. The van der Waals surface area contributed by atoms with Gasteiger partial charge in [-0.2, -0.15) is 5.10 Å². The maximum atomic E-state index is 12.0. The average molecular weight is 271 g/mol. The van der Waals surface area contributed by atoms with E-state index in [0.717, 1.165) is 37.1 Å². The molecule has 1 atom stereocenters. The van der Waals surface area contributed by atoms with Crippen molar-refractivity contribution in [1.82, 2.24) is 9.78 Å². The van der Waals surface area contributed by atoms with Crippen molar-refractivity contribution in [3.8, 4) is 0 Å². The molecule has 0 bridgehead atoms. The Kier molecular flexibility index (Phi) is 4.40. The first-order valence-corrected chi connectivity index (χ1v) is 6.77. The largest absolute Gasteiger partial charge is 0.378 e. The van der Waals surface area contributed by atoms with Crippen LogP contribution in [0.5, 0.6) is 0 Å². The highest BCUT2D eigenvalue weighted by Crippen LogP contribution is 2.21. The van der Waals surface area contributed by atoms with Crippen LogP contribution in [0.2, 0.25) is 5.15 Å². The Balaban J connectivity index is 1.94. The third-order valence-electron chi connectivity index (χ3n) is 3.37. The Morgan fingerprint density at radius 3 is 2.89 bits per heavy atom. The summed E-state index contributed by atoms with van der Waals surface area (Å²) < 4.78 is 7.19. The van der Waals surface area contributed by atoms with Crippen LogP contribution in [0, 0.1) is 6.92 Å². The third kappa shape index (κ3) is 3.12. The normalized spacial score (nSPS) is 20.1. The van der Waals surface area contributed by atoms with E-state index in [1.807, 2.05) is 6.92 Å². The quantitative estimate of drug-likeness (QED) is 0.844. The van der Waals surface area contributed by atoms with E-state index in [2.05, 4.69) is 5.10 Å². The number of carbonyl (C=O) groups excluding carboxylic acids is 1. The summed E-state index contributed by atoms with van der Waals surface area (Å²) >= 11 is 6.12. The first-order chi connectivity index (χ1) is 8.58. The summed E-state index contributed by atoms with van der Waals surface area (Å²) in [6.45, 7) is 2.66. The standard InChI is InChI=1S/C13H19ClN2O2/c1-9-12(13(14)16(2)15-9)8-10(17)7-11-5-3-4-6-18-11/h11H,3-8H2,1-2H3. The van der Waals surface area contributed by atoms with Crippen molar-refractivity contribution in [1.29, 1.82) is 0 Å². The first-order valence-electron chi connectivity index (χ1n) is 6.39. The van der Waals surface area contributed by atoms with Crippen molar-refractivity contribution in [3.63, 3.8) is 0 Å². The number of rotatable bonds is 4. The molecule has 1 aliphatic rings. The van der Waals surface area contributed by atoms with Gasteiger partial charge in [0.15, 0.2) is 0 Å². The van der Waals surface area contributed by atoms with Crippen LogP contribution < -0.4 is 0 Å². The minimum Gasteiger partial charge on any atom is -0.378 e. The lowest BCUT2D eigenvalue weighted by atomic mass is 10.0. The van der Waals surface area contributed by atoms with Gasteiger partial charge >= 0.3 is 0 Å². The molecule has 18 heavy (non-hydrogen) atoms. The molecule has 0 N–H and O–H groups in total. The molecule has 5 heteroatoms. The maximum absolute atomic E-state index is 12.0. The van der Waals surface area contributed by atoms with Crippen LogP contribution in [-0.2, 0) is 23.0 Å². The lowest BCUT2D eigenvalue weighted by Gasteiger charge is -2.21. The van der Waals surface area contributed by atoms with Crippen LogP contribution in [0.15, 0.2) is 0 Å². The molecule has 2 rings (SSSR count). The zero-order valence-electron chi connectivity index (χ0n) is 10.9. The summed E-state index contributed by atoms with van der Waals surface area (Å²) in [5, 5.41) is 4.77. The van der Waals surface area contributed by atoms with Gasteiger partial charge in [0.2, 0.25) is 0 Å². The van der Waals surface area contributed by atoms with E-state index in [0.29, 0.717) is 18.0 Å². The molecule has 0 aromatic carbocycles. The Morgan fingerprint density at radius 1 is 1.56 bits per heavy atom. The number of aryl methyl sites for hydroxylation is 2. The Hall–Kier alpha value is -0.870. The number of hydrogen-bond donors (Lipinski definition) is 0. The van der Waals surface area contributed by atoms with Gasteiger partial charge in [0.25, 0.3) is 0 Å². The van der Waals surface area contributed by atoms with Crippen molar-refractivity contribution in [2.45, 2.75) is 45.1 Å². The molecule has 0 radical (unpaired) electrons. The summed E-state index contributed by atoms with van der Waals surface area (Å²) in [6, 6.07) is 0. The molecule has 0 aliphatic carbocycles. The van der Waals surface area contributed by atoms with Crippen LogP contribution in [0.4, 0.5) is 0 Å². The van der Waals surface area contributed by atoms with E-state index in [1.165, 1.54) is 0 Å².